The van der Waals surface area contributed by atoms with Crippen molar-refractivity contribution in [2.75, 3.05) is 0 Å². The van der Waals surface area contributed by atoms with Crippen LogP contribution in [-0.4, -0.2) is 0 Å². The van der Waals surface area contributed by atoms with Gasteiger partial charge in [0.15, 0.2) is 0 Å². The zero-order valence-electron chi connectivity index (χ0n) is 9.12. The van der Waals surface area contributed by atoms with Gasteiger partial charge in [-0.05, 0) is 39.2 Å². The third-order valence-corrected chi connectivity index (χ3v) is 4.47. The lowest BCUT2D eigenvalue weighted by atomic mass is 9.92. The molecule has 0 N–H and O–H groups in total. The van der Waals surface area contributed by atoms with Crippen LogP contribution in [0, 0.1) is 5.41 Å². The lowest BCUT2D eigenvalue weighted by Gasteiger charge is -2.12. The van der Waals surface area contributed by atoms with Gasteiger partial charge in [-0.3, -0.25) is 0 Å². The van der Waals surface area contributed by atoms with Crippen LogP contribution >= 0.6 is 0 Å². The smallest absolute Gasteiger partial charge is 0.00239 e. The third kappa shape index (κ3) is 0.728. The number of benzene rings is 2. The molecule has 0 amide bonds. The van der Waals surface area contributed by atoms with Gasteiger partial charge in [0, 0.05) is 0 Å². The van der Waals surface area contributed by atoms with Crippen LogP contribution < -0.4 is 0 Å². The molecule has 1 saturated carbocycles. The standard InChI is InChI=1S/C15H14/c1-15(2)13-10-7-3-5-9-6-4-8-11(12(9)10)14(13)15/h3-8,13-14H,1-2H3/t13-,14+. The summed E-state index contributed by atoms with van der Waals surface area (Å²) in [5, 5.41) is 2.97. The topological polar surface area (TPSA) is 0 Å². The first-order chi connectivity index (χ1) is 7.21. The first-order valence-corrected chi connectivity index (χ1v) is 5.73. The summed E-state index contributed by atoms with van der Waals surface area (Å²) in [7, 11) is 0. The van der Waals surface area contributed by atoms with E-state index in [1.54, 1.807) is 16.5 Å². The summed E-state index contributed by atoms with van der Waals surface area (Å²) < 4.78 is 0. The minimum atomic E-state index is 0.503. The first kappa shape index (κ1) is 7.92. The van der Waals surface area contributed by atoms with E-state index in [0.29, 0.717) is 5.41 Å². The molecule has 2 aromatic rings. The van der Waals surface area contributed by atoms with Crippen molar-refractivity contribution < 1.29 is 0 Å². The second-order valence-electron chi connectivity index (χ2n) is 5.57. The molecular weight excluding hydrogens is 180 g/mol. The van der Waals surface area contributed by atoms with Crippen LogP contribution in [0.1, 0.15) is 36.8 Å². The summed E-state index contributed by atoms with van der Waals surface area (Å²) in [6.45, 7) is 4.80. The Bertz CT molecular complexity index is 531. The number of hydrogen-bond donors (Lipinski definition) is 0. The summed E-state index contributed by atoms with van der Waals surface area (Å²) in [6.07, 6.45) is 0. The molecule has 2 aromatic carbocycles. The molecule has 4 rings (SSSR count). The van der Waals surface area contributed by atoms with E-state index in [2.05, 4.69) is 50.2 Å². The van der Waals surface area contributed by atoms with Crippen molar-refractivity contribution in [2.24, 2.45) is 5.41 Å². The first-order valence-electron chi connectivity index (χ1n) is 5.73. The maximum atomic E-state index is 2.40. The van der Waals surface area contributed by atoms with Gasteiger partial charge in [0.05, 0.1) is 0 Å². The summed E-state index contributed by atoms with van der Waals surface area (Å²) in [6, 6.07) is 13.5. The molecule has 15 heavy (non-hydrogen) atoms. The van der Waals surface area contributed by atoms with Gasteiger partial charge in [-0.25, -0.2) is 0 Å². The molecule has 0 saturated heterocycles. The van der Waals surface area contributed by atoms with Crippen molar-refractivity contribution in [2.45, 2.75) is 25.7 Å². The van der Waals surface area contributed by atoms with E-state index in [-0.39, 0.29) is 0 Å². The minimum Gasteiger partial charge on any atom is -0.0613 e. The van der Waals surface area contributed by atoms with Crippen molar-refractivity contribution in [1.82, 2.24) is 0 Å². The SMILES string of the molecule is CC1(C)[C@@H]2c3cccc4cccc(c34)[C@@H]21. The zero-order chi connectivity index (χ0) is 10.2. The highest BCUT2D eigenvalue weighted by Crippen LogP contribution is 2.75. The minimum absolute atomic E-state index is 0.503. The van der Waals surface area contributed by atoms with E-state index in [4.69, 9.17) is 0 Å². The molecule has 2 atom stereocenters. The normalized spacial score (nSPS) is 29.2. The van der Waals surface area contributed by atoms with Crippen LogP contribution in [0.3, 0.4) is 0 Å². The van der Waals surface area contributed by atoms with Crippen LogP contribution in [0.2, 0.25) is 0 Å². The molecule has 2 aliphatic rings. The maximum Gasteiger partial charge on any atom is -0.00239 e. The second-order valence-corrected chi connectivity index (χ2v) is 5.57. The molecule has 0 nitrogen and oxygen atoms in total. The van der Waals surface area contributed by atoms with Crippen molar-refractivity contribution >= 4 is 10.8 Å². The molecule has 0 unspecified atom stereocenters. The second kappa shape index (κ2) is 2.11. The predicted octanol–water partition coefficient (Wildman–Crippen LogP) is 4.06. The molecule has 0 heterocycles. The highest BCUT2D eigenvalue weighted by atomic mass is 14.7. The fourth-order valence-corrected chi connectivity index (χ4v) is 3.72. The Hall–Kier alpha value is -1.30. The summed E-state index contributed by atoms with van der Waals surface area (Å²) in [5.74, 6) is 1.58. The van der Waals surface area contributed by atoms with E-state index < -0.39 is 0 Å². The molecule has 0 heteroatoms. The van der Waals surface area contributed by atoms with Crippen LogP contribution in [0.5, 0.6) is 0 Å². The van der Waals surface area contributed by atoms with E-state index in [0.717, 1.165) is 11.8 Å². The van der Waals surface area contributed by atoms with Gasteiger partial charge >= 0.3 is 0 Å². The molecule has 2 aliphatic carbocycles. The molecule has 1 fully saturated rings. The van der Waals surface area contributed by atoms with E-state index >= 15 is 0 Å². The van der Waals surface area contributed by atoms with Gasteiger partial charge in [0.1, 0.15) is 0 Å². The van der Waals surface area contributed by atoms with Crippen LogP contribution in [0.25, 0.3) is 10.8 Å². The van der Waals surface area contributed by atoms with Gasteiger partial charge in [-0.2, -0.15) is 0 Å². The summed E-state index contributed by atoms with van der Waals surface area (Å²) in [5.41, 5.74) is 3.69. The lowest BCUT2D eigenvalue weighted by molar-refractivity contribution is 0.598. The molecule has 0 aliphatic heterocycles. The Morgan fingerprint density at radius 3 is 1.93 bits per heavy atom. The third-order valence-electron chi connectivity index (χ3n) is 4.47. The lowest BCUT2D eigenvalue weighted by Crippen LogP contribution is -1.96. The fourth-order valence-electron chi connectivity index (χ4n) is 3.72. The van der Waals surface area contributed by atoms with Gasteiger partial charge in [-0.15, -0.1) is 0 Å². The van der Waals surface area contributed by atoms with Gasteiger partial charge < -0.3 is 0 Å². The molecule has 0 bridgehead atoms. The van der Waals surface area contributed by atoms with E-state index in [9.17, 15) is 0 Å². The Balaban J connectivity index is 2.15. The number of rotatable bonds is 0. The quantitative estimate of drug-likeness (QED) is 0.593. The molecule has 74 valence electrons. The molecule has 0 radical (unpaired) electrons. The number of hydrogen-bond acceptors (Lipinski definition) is 0. The molecule has 0 spiro atoms. The van der Waals surface area contributed by atoms with E-state index in [1.807, 2.05) is 0 Å². The van der Waals surface area contributed by atoms with E-state index in [1.165, 1.54) is 5.39 Å². The predicted molar refractivity (Wildman–Crippen MR) is 63.2 cm³/mol. The van der Waals surface area contributed by atoms with Crippen molar-refractivity contribution in [3.8, 4) is 0 Å². The van der Waals surface area contributed by atoms with Crippen molar-refractivity contribution in [1.29, 1.82) is 0 Å². The van der Waals surface area contributed by atoms with Crippen molar-refractivity contribution in [3.05, 3.63) is 47.5 Å². The maximum absolute atomic E-state index is 2.40. The zero-order valence-corrected chi connectivity index (χ0v) is 9.12. The Morgan fingerprint density at radius 2 is 1.40 bits per heavy atom. The molecule has 0 aromatic heterocycles. The highest BCUT2D eigenvalue weighted by Gasteiger charge is 2.62. The van der Waals surface area contributed by atoms with Gasteiger partial charge in [0.25, 0.3) is 0 Å². The average molecular weight is 194 g/mol. The average Bonchev–Trinajstić information content (AvgIpc) is 2.63. The monoisotopic (exact) mass is 194 g/mol. The van der Waals surface area contributed by atoms with Gasteiger partial charge in [-0.1, -0.05) is 50.2 Å². The Kier molecular flexibility index (Phi) is 1.11. The Labute approximate surface area is 89.9 Å². The molecular formula is C15H14. The highest BCUT2D eigenvalue weighted by molar-refractivity contribution is 5.94. The Morgan fingerprint density at radius 1 is 0.867 bits per heavy atom. The summed E-state index contributed by atoms with van der Waals surface area (Å²) in [4.78, 5) is 0. The van der Waals surface area contributed by atoms with Crippen LogP contribution in [-0.2, 0) is 0 Å². The van der Waals surface area contributed by atoms with Crippen LogP contribution in [0.4, 0.5) is 0 Å². The largest absolute Gasteiger partial charge is 0.0613 e. The number of fused-ring (bicyclic) bond motifs is 3. The van der Waals surface area contributed by atoms with Crippen molar-refractivity contribution in [3.63, 3.8) is 0 Å². The van der Waals surface area contributed by atoms with Gasteiger partial charge in [0.2, 0.25) is 0 Å². The summed E-state index contributed by atoms with van der Waals surface area (Å²) >= 11 is 0. The van der Waals surface area contributed by atoms with Crippen LogP contribution in [0.15, 0.2) is 36.4 Å². The fraction of sp³-hybridized carbons (Fsp3) is 0.333.